The van der Waals surface area contributed by atoms with Gasteiger partial charge in [0.15, 0.2) is 5.65 Å². The zero-order valence-electron chi connectivity index (χ0n) is 16.2. The molecule has 0 radical (unpaired) electrons. The van der Waals surface area contributed by atoms with Crippen LogP contribution in [0.5, 0.6) is 0 Å². The Labute approximate surface area is 163 Å². The van der Waals surface area contributed by atoms with Gasteiger partial charge < -0.3 is 10.2 Å². The molecule has 4 heterocycles. The first kappa shape index (κ1) is 18.6. The Morgan fingerprint density at radius 2 is 2.25 bits per heavy atom. The van der Waals surface area contributed by atoms with E-state index in [0.717, 1.165) is 37.3 Å². The average Bonchev–Trinajstić information content (AvgIpc) is 3.11. The van der Waals surface area contributed by atoms with Gasteiger partial charge in [-0.15, -0.1) is 0 Å². The van der Waals surface area contributed by atoms with Gasteiger partial charge in [0.2, 0.25) is 0 Å². The van der Waals surface area contributed by atoms with Gasteiger partial charge >= 0.3 is 0 Å². The Hall–Kier alpha value is -2.80. The number of piperazine rings is 1. The molecule has 3 aromatic heterocycles. The average molecular weight is 380 g/mol. The molecule has 0 unspecified atom stereocenters. The minimum Gasteiger partial charge on any atom is -0.354 e. The minimum atomic E-state index is -0.475. The standard InChI is InChI=1S/C21H25FN6/c1-13(2)9-16-12-28(8-7-23-16)19-11-15(14(3)22)10-18(25-19)20-17-5-4-6-24-21(17)27-26-20/h4-6,10-11,13,16,23H,3,7-9,12H2,1-2H3,(H,24,26,27)/t16-/m0/s1. The fourth-order valence-corrected chi connectivity index (χ4v) is 3.77. The van der Waals surface area contributed by atoms with E-state index in [0.29, 0.717) is 34.6 Å². The maximum atomic E-state index is 14.1. The lowest BCUT2D eigenvalue weighted by Gasteiger charge is -2.35. The normalized spacial score (nSPS) is 17.4. The molecule has 28 heavy (non-hydrogen) atoms. The van der Waals surface area contributed by atoms with E-state index >= 15 is 0 Å². The van der Waals surface area contributed by atoms with Gasteiger partial charge in [-0.25, -0.2) is 14.4 Å². The molecule has 4 rings (SSSR count). The summed E-state index contributed by atoms with van der Waals surface area (Å²) in [5.41, 5.74) is 2.40. The second-order valence-electron chi connectivity index (χ2n) is 7.70. The van der Waals surface area contributed by atoms with Gasteiger partial charge in [-0.3, -0.25) is 5.10 Å². The first-order valence-electron chi connectivity index (χ1n) is 9.66. The molecule has 2 N–H and O–H groups in total. The van der Waals surface area contributed by atoms with Crippen molar-refractivity contribution >= 4 is 22.7 Å². The van der Waals surface area contributed by atoms with Crippen LogP contribution in [0.1, 0.15) is 25.8 Å². The quantitative estimate of drug-likeness (QED) is 0.705. The molecule has 0 saturated carbocycles. The van der Waals surface area contributed by atoms with Crippen LogP contribution in [0.15, 0.2) is 37.0 Å². The number of hydrogen-bond acceptors (Lipinski definition) is 5. The molecule has 0 spiro atoms. The summed E-state index contributed by atoms with van der Waals surface area (Å²) >= 11 is 0. The first-order chi connectivity index (χ1) is 13.5. The Morgan fingerprint density at radius 1 is 1.39 bits per heavy atom. The number of pyridine rings is 2. The van der Waals surface area contributed by atoms with Gasteiger partial charge in [0.05, 0.1) is 5.69 Å². The number of halogens is 1. The topological polar surface area (TPSA) is 69.7 Å². The lowest BCUT2D eigenvalue weighted by atomic mass is 10.0. The smallest absolute Gasteiger partial charge is 0.155 e. The molecule has 6 nitrogen and oxygen atoms in total. The van der Waals surface area contributed by atoms with Crippen LogP contribution in [0, 0.1) is 5.92 Å². The molecule has 3 aromatic rings. The van der Waals surface area contributed by atoms with Crippen LogP contribution in [0.4, 0.5) is 10.2 Å². The van der Waals surface area contributed by atoms with Crippen molar-refractivity contribution in [2.24, 2.45) is 5.92 Å². The minimum absolute atomic E-state index is 0.395. The molecule has 0 amide bonds. The summed E-state index contributed by atoms with van der Waals surface area (Å²) in [4.78, 5) is 11.3. The molecule has 1 atom stereocenters. The first-order valence-corrected chi connectivity index (χ1v) is 9.66. The Kier molecular flexibility index (Phi) is 5.09. The van der Waals surface area contributed by atoms with E-state index in [1.54, 1.807) is 18.3 Å². The summed E-state index contributed by atoms with van der Waals surface area (Å²) < 4.78 is 14.1. The van der Waals surface area contributed by atoms with Crippen LogP contribution < -0.4 is 10.2 Å². The third-order valence-electron chi connectivity index (χ3n) is 5.04. The van der Waals surface area contributed by atoms with Crippen molar-refractivity contribution in [3.05, 3.63) is 42.6 Å². The highest BCUT2D eigenvalue weighted by atomic mass is 19.1. The number of nitrogens with zero attached hydrogens (tertiary/aromatic N) is 4. The largest absolute Gasteiger partial charge is 0.354 e. The number of fused-ring (bicyclic) bond motifs is 1. The van der Waals surface area contributed by atoms with Gasteiger partial charge in [0.25, 0.3) is 0 Å². The van der Waals surface area contributed by atoms with E-state index < -0.39 is 5.83 Å². The van der Waals surface area contributed by atoms with Crippen LogP contribution in [-0.4, -0.2) is 45.8 Å². The van der Waals surface area contributed by atoms with Crippen molar-refractivity contribution in [1.29, 1.82) is 0 Å². The predicted octanol–water partition coefficient (Wildman–Crippen LogP) is 3.78. The lowest BCUT2D eigenvalue weighted by molar-refractivity contribution is 0.387. The molecule has 1 aliphatic heterocycles. The number of rotatable bonds is 5. The molecule has 1 aliphatic rings. The van der Waals surface area contributed by atoms with Gasteiger partial charge in [-0.2, -0.15) is 5.10 Å². The molecule has 0 bridgehead atoms. The second-order valence-corrected chi connectivity index (χ2v) is 7.70. The van der Waals surface area contributed by atoms with Gasteiger partial charge in [0.1, 0.15) is 17.3 Å². The molecule has 7 heteroatoms. The number of nitrogens with one attached hydrogen (secondary N) is 2. The second kappa shape index (κ2) is 7.67. The van der Waals surface area contributed by atoms with Crippen molar-refractivity contribution in [2.75, 3.05) is 24.5 Å². The highest BCUT2D eigenvalue weighted by Crippen LogP contribution is 2.30. The number of H-pyrrole nitrogens is 1. The Morgan fingerprint density at radius 3 is 3.04 bits per heavy atom. The predicted molar refractivity (Wildman–Crippen MR) is 111 cm³/mol. The molecular formula is C21H25FN6. The van der Waals surface area contributed by atoms with Gasteiger partial charge in [0, 0.05) is 42.8 Å². The number of aromatic nitrogens is 4. The number of hydrogen-bond donors (Lipinski definition) is 2. The Bertz CT molecular complexity index is 995. The van der Waals surface area contributed by atoms with Gasteiger partial charge in [-0.1, -0.05) is 20.4 Å². The summed E-state index contributed by atoms with van der Waals surface area (Å²) in [5.74, 6) is 0.888. The monoisotopic (exact) mass is 380 g/mol. The lowest BCUT2D eigenvalue weighted by Crippen LogP contribution is -2.51. The van der Waals surface area contributed by atoms with E-state index in [2.05, 4.69) is 45.8 Å². The highest BCUT2D eigenvalue weighted by Gasteiger charge is 2.23. The van der Waals surface area contributed by atoms with E-state index in [1.165, 1.54) is 0 Å². The van der Waals surface area contributed by atoms with Crippen molar-refractivity contribution < 1.29 is 4.39 Å². The zero-order chi connectivity index (χ0) is 19.7. The van der Waals surface area contributed by atoms with Crippen LogP contribution in [-0.2, 0) is 0 Å². The summed E-state index contributed by atoms with van der Waals surface area (Å²) in [6.45, 7) is 10.5. The molecule has 0 aliphatic carbocycles. The number of anilines is 1. The van der Waals surface area contributed by atoms with Gasteiger partial charge in [-0.05, 0) is 36.6 Å². The maximum Gasteiger partial charge on any atom is 0.155 e. The zero-order valence-corrected chi connectivity index (χ0v) is 16.2. The number of aromatic amines is 1. The SMILES string of the molecule is C=C(F)c1cc(-c2n[nH]c3ncccc23)nc(N2CCN[C@@H](CC(C)C)C2)c1. The fourth-order valence-electron chi connectivity index (χ4n) is 3.77. The van der Waals surface area contributed by atoms with E-state index in [9.17, 15) is 4.39 Å². The molecule has 1 saturated heterocycles. The third-order valence-corrected chi connectivity index (χ3v) is 5.04. The van der Waals surface area contributed by atoms with E-state index in [4.69, 9.17) is 4.98 Å². The van der Waals surface area contributed by atoms with Crippen LogP contribution in [0.2, 0.25) is 0 Å². The van der Waals surface area contributed by atoms with Crippen molar-refractivity contribution in [3.63, 3.8) is 0 Å². The van der Waals surface area contributed by atoms with E-state index in [-0.39, 0.29) is 0 Å². The van der Waals surface area contributed by atoms with Crippen molar-refractivity contribution in [1.82, 2.24) is 25.5 Å². The Balaban J connectivity index is 1.73. The summed E-state index contributed by atoms with van der Waals surface area (Å²) in [6.07, 6.45) is 2.80. The fraction of sp³-hybridized carbons (Fsp3) is 0.381. The van der Waals surface area contributed by atoms with Crippen LogP contribution >= 0.6 is 0 Å². The van der Waals surface area contributed by atoms with Crippen LogP contribution in [0.25, 0.3) is 28.2 Å². The molecule has 0 aromatic carbocycles. The van der Waals surface area contributed by atoms with Crippen LogP contribution in [0.3, 0.4) is 0 Å². The summed E-state index contributed by atoms with van der Waals surface area (Å²) in [6, 6.07) is 7.65. The molecule has 1 fully saturated rings. The van der Waals surface area contributed by atoms with E-state index in [1.807, 2.05) is 12.1 Å². The van der Waals surface area contributed by atoms with Crippen molar-refractivity contribution in [3.8, 4) is 11.4 Å². The molecule has 146 valence electrons. The highest BCUT2D eigenvalue weighted by molar-refractivity contribution is 5.90. The third kappa shape index (κ3) is 3.75. The summed E-state index contributed by atoms with van der Waals surface area (Å²) in [7, 11) is 0. The molecular weight excluding hydrogens is 355 g/mol. The maximum absolute atomic E-state index is 14.1. The van der Waals surface area contributed by atoms with Crippen molar-refractivity contribution in [2.45, 2.75) is 26.3 Å². The summed E-state index contributed by atoms with van der Waals surface area (Å²) in [5, 5.41) is 11.7.